The quantitative estimate of drug-likeness (QED) is 0.792. The van der Waals surface area contributed by atoms with E-state index in [1.807, 2.05) is 66.1 Å². The standard InChI is InChI=1S/C16H15N3O/c1-12-6-5-9-14(10-12)19-11-17-18-16(19)15(20)13-7-3-2-4-8-13/h2-11,15,20H,1H3/t15-/m1/s1. The minimum Gasteiger partial charge on any atom is -0.380 e. The summed E-state index contributed by atoms with van der Waals surface area (Å²) in [6.07, 6.45) is 0.829. The number of benzene rings is 2. The van der Waals surface area contributed by atoms with E-state index in [0.29, 0.717) is 5.82 Å². The average molecular weight is 265 g/mol. The van der Waals surface area contributed by atoms with Crippen LogP contribution in [0.3, 0.4) is 0 Å². The van der Waals surface area contributed by atoms with Crippen molar-refractivity contribution in [2.24, 2.45) is 0 Å². The maximum Gasteiger partial charge on any atom is 0.170 e. The maximum absolute atomic E-state index is 10.5. The molecule has 0 bridgehead atoms. The first-order chi connectivity index (χ1) is 9.75. The van der Waals surface area contributed by atoms with Crippen molar-refractivity contribution in [2.45, 2.75) is 13.0 Å². The predicted octanol–water partition coefficient (Wildman–Crippen LogP) is 2.66. The Labute approximate surface area is 117 Å². The van der Waals surface area contributed by atoms with E-state index in [1.165, 1.54) is 0 Å². The Hall–Kier alpha value is -2.46. The lowest BCUT2D eigenvalue weighted by Gasteiger charge is -2.12. The highest BCUT2D eigenvalue weighted by Gasteiger charge is 2.17. The summed E-state index contributed by atoms with van der Waals surface area (Å²) in [6.45, 7) is 2.03. The molecule has 20 heavy (non-hydrogen) atoms. The average Bonchev–Trinajstić information content (AvgIpc) is 2.97. The lowest BCUT2D eigenvalue weighted by molar-refractivity contribution is 0.207. The molecule has 2 aromatic carbocycles. The normalized spacial score (nSPS) is 12.3. The van der Waals surface area contributed by atoms with Crippen molar-refractivity contribution in [3.05, 3.63) is 77.9 Å². The number of rotatable bonds is 3. The third-order valence-corrected chi connectivity index (χ3v) is 3.21. The van der Waals surface area contributed by atoms with Crippen LogP contribution in [0.4, 0.5) is 0 Å². The third-order valence-electron chi connectivity index (χ3n) is 3.21. The first kappa shape index (κ1) is 12.6. The number of aryl methyl sites for hydroxylation is 1. The van der Waals surface area contributed by atoms with Crippen LogP contribution in [0, 0.1) is 6.92 Å². The zero-order valence-corrected chi connectivity index (χ0v) is 11.1. The number of hydrogen-bond acceptors (Lipinski definition) is 3. The second-order valence-corrected chi connectivity index (χ2v) is 4.71. The number of aliphatic hydroxyl groups excluding tert-OH is 1. The van der Waals surface area contributed by atoms with E-state index in [-0.39, 0.29) is 0 Å². The molecule has 0 aliphatic carbocycles. The van der Waals surface area contributed by atoms with E-state index in [4.69, 9.17) is 0 Å². The predicted molar refractivity (Wildman–Crippen MR) is 76.6 cm³/mol. The van der Waals surface area contributed by atoms with Crippen molar-refractivity contribution in [3.8, 4) is 5.69 Å². The molecular weight excluding hydrogens is 250 g/mol. The number of hydrogen-bond donors (Lipinski definition) is 1. The molecule has 3 rings (SSSR count). The molecule has 4 heteroatoms. The highest BCUT2D eigenvalue weighted by molar-refractivity contribution is 5.37. The zero-order chi connectivity index (χ0) is 13.9. The fraction of sp³-hybridized carbons (Fsp3) is 0.125. The van der Waals surface area contributed by atoms with Gasteiger partial charge in [0.25, 0.3) is 0 Å². The zero-order valence-electron chi connectivity index (χ0n) is 11.1. The van der Waals surface area contributed by atoms with Crippen molar-refractivity contribution in [2.75, 3.05) is 0 Å². The molecule has 100 valence electrons. The summed E-state index contributed by atoms with van der Waals surface area (Å²) in [5.74, 6) is 0.516. The number of aliphatic hydroxyl groups is 1. The monoisotopic (exact) mass is 265 g/mol. The number of nitrogens with zero attached hydrogens (tertiary/aromatic N) is 3. The van der Waals surface area contributed by atoms with Gasteiger partial charge in [-0.25, -0.2) is 0 Å². The molecule has 1 N–H and O–H groups in total. The van der Waals surface area contributed by atoms with E-state index in [1.54, 1.807) is 6.33 Å². The molecule has 0 saturated heterocycles. The van der Waals surface area contributed by atoms with E-state index >= 15 is 0 Å². The van der Waals surface area contributed by atoms with Crippen LogP contribution in [-0.4, -0.2) is 19.9 Å². The summed E-state index contributed by atoms with van der Waals surface area (Å²) in [4.78, 5) is 0. The van der Waals surface area contributed by atoms with E-state index < -0.39 is 6.10 Å². The van der Waals surface area contributed by atoms with Crippen LogP contribution in [0.25, 0.3) is 5.69 Å². The Kier molecular flexibility index (Phi) is 3.31. The van der Waals surface area contributed by atoms with Gasteiger partial charge in [-0.3, -0.25) is 4.57 Å². The van der Waals surface area contributed by atoms with Gasteiger partial charge in [-0.1, -0.05) is 42.5 Å². The summed E-state index contributed by atoms with van der Waals surface area (Å²) in [5, 5.41) is 18.5. The van der Waals surface area contributed by atoms with Crippen LogP contribution in [0.15, 0.2) is 60.9 Å². The SMILES string of the molecule is Cc1cccc(-n2cnnc2[C@H](O)c2ccccc2)c1. The maximum atomic E-state index is 10.5. The summed E-state index contributed by atoms with van der Waals surface area (Å²) in [6, 6.07) is 17.5. The Balaban J connectivity index is 2.03. The minimum absolute atomic E-state index is 0.516. The largest absolute Gasteiger partial charge is 0.380 e. The summed E-state index contributed by atoms with van der Waals surface area (Å²) >= 11 is 0. The smallest absolute Gasteiger partial charge is 0.170 e. The van der Waals surface area contributed by atoms with Gasteiger partial charge >= 0.3 is 0 Å². The summed E-state index contributed by atoms with van der Waals surface area (Å²) < 4.78 is 1.81. The molecule has 0 aliphatic rings. The lowest BCUT2D eigenvalue weighted by atomic mass is 10.1. The molecular formula is C16H15N3O. The molecule has 0 amide bonds. The minimum atomic E-state index is -0.792. The van der Waals surface area contributed by atoms with Gasteiger partial charge in [-0.2, -0.15) is 0 Å². The van der Waals surface area contributed by atoms with Crippen molar-refractivity contribution in [1.82, 2.24) is 14.8 Å². The second-order valence-electron chi connectivity index (χ2n) is 4.71. The van der Waals surface area contributed by atoms with Crippen LogP contribution >= 0.6 is 0 Å². The van der Waals surface area contributed by atoms with Crippen LogP contribution in [-0.2, 0) is 0 Å². The van der Waals surface area contributed by atoms with Crippen LogP contribution < -0.4 is 0 Å². The topological polar surface area (TPSA) is 50.9 Å². The highest BCUT2D eigenvalue weighted by Crippen LogP contribution is 2.22. The van der Waals surface area contributed by atoms with E-state index in [0.717, 1.165) is 16.8 Å². The van der Waals surface area contributed by atoms with Gasteiger partial charge in [-0.05, 0) is 30.2 Å². The van der Waals surface area contributed by atoms with Gasteiger partial charge in [0.1, 0.15) is 12.4 Å². The van der Waals surface area contributed by atoms with Gasteiger partial charge in [-0.15, -0.1) is 10.2 Å². The molecule has 0 radical (unpaired) electrons. The highest BCUT2D eigenvalue weighted by atomic mass is 16.3. The molecule has 0 aliphatic heterocycles. The van der Waals surface area contributed by atoms with Gasteiger partial charge in [0.2, 0.25) is 0 Å². The van der Waals surface area contributed by atoms with Crippen LogP contribution in [0.1, 0.15) is 23.1 Å². The molecule has 0 saturated carbocycles. The fourth-order valence-corrected chi connectivity index (χ4v) is 2.19. The molecule has 4 nitrogen and oxygen atoms in total. The Morgan fingerprint density at radius 1 is 1.05 bits per heavy atom. The van der Waals surface area contributed by atoms with Crippen LogP contribution in [0.5, 0.6) is 0 Å². The molecule has 1 aromatic heterocycles. The summed E-state index contributed by atoms with van der Waals surface area (Å²) in [5.41, 5.74) is 2.89. The van der Waals surface area contributed by atoms with Crippen molar-refractivity contribution in [3.63, 3.8) is 0 Å². The molecule has 0 unspecified atom stereocenters. The molecule has 0 fully saturated rings. The van der Waals surface area contributed by atoms with Crippen molar-refractivity contribution in [1.29, 1.82) is 0 Å². The van der Waals surface area contributed by atoms with Crippen LogP contribution in [0.2, 0.25) is 0 Å². The third kappa shape index (κ3) is 2.33. The first-order valence-electron chi connectivity index (χ1n) is 6.45. The molecule has 0 spiro atoms. The summed E-state index contributed by atoms with van der Waals surface area (Å²) in [7, 11) is 0. The van der Waals surface area contributed by atoms with Crippen molar-refractivity contribution < 1.29 is 5.11 Å². The lowest BCUT2D eigenvalue weighted by Crippen LogP contribution is -2.08. The molecule has 1 atom stereocenters. The second kappa shape index (κ2) is 5.27. The van der Waals surface area contributed by atoms with Gasteiger partial charge < -0.3 is 5.11 Å². The Bertz CT molecular complexity index is 707. The Morgan fingerprint density at radius 2 is 1.85 bits per heavy atom. The molecule has 1 heterocycles. The van der Waals surface area contributed by atoms with E-state index in [9.17, 15) is 5.11 Å². The van der Waals surface area contributed by atoms with Gasteiger partial charge in [0.15, 0.2) is 5.82 Å². The number of aromatic nitrogens is 3. The Morgan fingerprint density at radius 3 is 2.60 bits per heavy atom. The van der Waals surface area contributed by atoms with Gasteiger partial charge in [0.05, 0.1) is 0 Å². The van der Waals surface area contributed by atoms with Crippen molar-refractivity contribution >= 4 is 0 Å². The molecule has 3 aromatic rings. The van der Waals surface area contributed by atoms with E-state index in [2.05, 4.69) is 10.2 Å². The van der Waals surface area contributed by atoms with Gasteiger partial charge in [0, 0.05) is 5.69 Å². The fourth-order valence-electron chi connectivity index (χ4n) is 2.19. The first-order valence-corrected chi connectivity index (χ1v) is 6.45.